The first-order valence-electron chi connectivity index (χ1n) is 9.97. The number of amides is 2. The van der Waals surface area contributed by atoms with Gasteiger partial charge in [-0.25, -0.2) is 0 Å². The summed E-state index contributed by atoms with van der Waals surface area (Å²) in [5.41, 5.74) is 2.08. The molecule has 9 heteroatoms. The third-order valence-electron chi connectivity index (χ3n) is 4.34. The molecule has 0 spiro atoms. The zero-order valence-corrected chi connectivity index (χ0v) is 20.1. The van der Waals surface area contributed by atoms with E-state index in [1.807, 2.05) is 13.8 Å². The van der Waals surface area contributed by atoms with Crippen LogP contribution in [-0.4, -0.2) is 16.9 Å². The van der Waals surface area contributed by atoms with Gasteiger partial charge in [-0.05, 0) is 72.9 Å². The molecule has 0 aliphatic rings. The molecule has 6 nitrogen and oxygen atoms in total. The molecule has 0 aliphatic carbocycles. The van der Waals surface area contributed by atoms with Crippen LogP contribution in [0.15, 0.2) is 65.1 Å². The fraction of sp³-hybridized carbons (Fsp3) is 0.125. The SMILES string of the molecule is CC(C)C(=O)Nc1ccc(NC(=S)NC(=O)/C=C/c2ccc(-c3cc(Cl)cc(Cl)c3)o2)cc1. The Balaban J connectivity index is 1.53. The summed E-state index contributed by atoms with van der Waals surface area (Å²) in [6, 6.07) is 15.6. The Morgan fingerprint density at radius 2 is 1.55 bits per heavy atom. The van der Waals surface area contributed by atoms with Crippen molar-refractivity contribution in [1.82, 2.24) is 5.32 Å². The first-order valence-corrected chi connectivity index (χ1v) is 11.1. The van der Waals surface area contributed by atoms with Crippen molar-refractivity contribution in [3.8, 4) is 11.3 Å². The molecule has 3 N–H and O–H groups in total. The molecule has 0 bridgehead atoms. The lowest BCUT2D eigenvalue weighted by molar-refractivity contribution is -0.119. The number of hydrogen-bond acceptors (Lipinski definition) is 4. The number of halogens is 2. The summed E-state index contributed by atoms with van der Waals surface area (Å²) in [6.45, 7) is 3.64. The van der Waals surface area contributed by atoms with Gasteiger partial charge in [0.05, 0.1) is 0 Å². The molecule has 0 saturated heterocycles. The predicted molar refractivity (Wildman–Crippen MR) is 137 cm³/mol. The predicted octanol–water partition coefficient (Wildman–Crippen LogP) is 6.37. The van der Waals surface area contributed by atoms with E-state index in [2.05, 4.69) is 16.0 Å². The highest BCUT2D eigenvalue weighted by molar-refractivity contribution is 7.80. The molecule has 33 heavy (non-hydrogen) atoms. The van der Waals surface area contributed by atoms with Gasteiger partial charge in [0.25, 0.3) is 0 Å². The largest absolute Gasteiger partial charge is 0.457 e. The van der Waals surface area contributed by atoms with Gasteiger partial charge in [-0.2, -0.15) is 0 Å². The van der Waals surface area contributed by atoms with Crippen molar-refractivity contribution in [3.63, 3.8) is 0 Å². The van der Waals surface area contributed by atoms with E-state index in [4.69, 9.17) is 39.8 Å². The second-order valence-corrected chi connectivity index (χ2v) is 8.64. The lowest BCUT2D eigenvalue weighted by Gasteiger charge is -2.10. The standard InChI is InChI=1S/C24H21Cl2N3O3S/c1-14(2)23(31)27-18-3-5-19(6-4-18)28-24(33)29-22(30)10-8-20-7-9-21(32-20)15-11-16(25)13-17(26)12-15/h3-14H,1-2H3,(H,27,31)(H2,28,29,30,33)/b10-8+. The van der Waals surface area contributed by atoms with E-state index < -0.39 is 5.91 Å². The van der Waals surface area contributed by atoms with Crippen LogP contribution in [0.3, 0.4) is 0 Å². The van der Waals surface area contributed by atoms with Crippen molar-refractivity contribution in [2.45, 2.75) is 13.8 Å². The average molecular weight is 502 g/mol. The van der Waals surface area contributed by atoms with Gasteiger partial charge >= 0.3 is 0 Å². The normalized spacial score (nSPS) is 10.9. The highest BCUT2D eigenvalue weighted by Crippen LogP contribution is 2.28. The molecular formula is C24H21Cl2N3O3S. The van der Waals surface area contributed by atoms with E-state index in [0.717, 1.165) is 5.56 Å². The van der Waals surface area contributed by atoms with Gasteiger partial charge in [0.2, 0.25) is 11.8 Å². The number of anilines is 2. The summed E-state index contributed by atoms with van der Waals surface area (Å²) in [6.07, 6.45) is 2.84. The number of benzene rings is 2. The number of hydrogen-bond donors (Lipinski definition) is 3. The topological polar surface area (TPSA) is 83.4 Å². The number of nitrogens with one attached hydrogen (secondary N) is 3. The van der Waals surface area contributed by atoms with Crippen LogP contribution >= 0.6 is 35.4 Å². The molecular weight excluding hydrogens is 481 g/mol. The Morgan fingerprint density at radius 3 is 2.15 bits per heavy atom. The van der Waals surface area contributed by atoms with Crippen LogP contribution in [-0.2, 0) is 9.59 Å². The van der Waals surface area contributed by atoms with E-state index in [9.17, 15) is 9.59 Å². The number of carbonyl (C=O) groups excluding carboxylic acids is 2. The van der Waals surface area contributed by atoms with Crippen molar-refractivity contribution in [3.05, 3.63) is 76.5 Å². The maximum Gasteiger partial charge on any atom is 0.250 e. The summed E-state index contributed by atoms with van der Waals surface area (Å²) >= 11 is 17.2. The van der Waals surface area contributed by atoms with E-state index in [1.54, 1.807) is 54.6 Å². The van der Waals surface area contributed by atoms with Crippen LogP contribution < -0.4 is 16.0 Å². The monoisotopic (exact) mass is 501 g/mol. The van der Waals surface area contributed by atoms with Gasteiger partial charge in [-0.15, -0.1) is 0 Å². The minimum atomic E-state index is -0.419. The van der Waals surface area contributed by atoms with Gasteiger partial charge in [-0.3, -0.25) is 14.9 Å². The number of furan rings is 1. The number of rotatable bonds is 6. The van der Waals surface area contributed by atoms with Crippen molar-refractivity contribution in [2.75, 3.05) is 10.6 Å². The second kappa shape index (κ2) is 11.1. The summed E-state index contributed by atoms with van der Waals surface area (Å²) < 4.78 is 5.72. The van der Waals surface area contributed by atoms with Gasteiger partial charge < -0.3 is 15.1 Å². The van der Waals surface area contributed by atoms with Crippen LogP contribution in [0, 0.1) is 5.92 Å². The number of thiocarbonyl (C=S) groups is 1. The molecule has 1 heterocycles. The zero-order valence-electron chi connectivity index (χ0n) is 17.8. The van der Waals surface area contributed by atoms with Crippen LogP contribution in [0.4, 0.5) is 11.4 Å². The quantitative estimate of drug-likeness (QED) is 0.269. The van der Waals surface area contributed by atoms with Crippen molar-refractivity contribution in [2.24, 2.45) is 5.92 Å². The minimum absolute atomic E-state index is 0.0645. The smallest absolute Gasteiger partial charge is 0.250 e. The van der Waals surface area contributed by atoms with Crippen LogP contribution in [0.2, 0.25) is 10.0 Å². The lowest BCUT2D eigenvalue weighted by atomic mass is 10.2. The molecule has 0 unspecified atom stereocenters. The molecule has 3 aromatic rings. The molecule has 2 amide bonds. The van der Waals surface area contributed by atoms with E-state index in [0.29, 0.717) is 32.9 Å². The van der Waals surface area contributed by atoms with Crippen LogP contribution in [0.1, 0.15) is 19.6 Å². The third kappa shape index (κ3) is 7.46. The fourth-order valence-corrected chi connectivity index (χ4v) is 3.44. The molecule has 2 aromatic carbocycles. The average Bonchev–Trinajstić information content (AvgIpc) is 3.22. The fourth-order valence-electron chi connectivity index (χ4n) is 2.69. The van der Waals surface area contributed by atoms with Gasteiger partial charge in [-0.1, -0.05) is 37.0 Å². The lowest BCUT2D eigenvalue weighted by Crippen LogP contribution is -2.32. The second-order valence-electron chi connectivity index (χ2n) is 7.36. The van der Waals surface area contributed by atoms with Crippen molar-refractivity contribution >= 4 is 69.8 Å². The van der Waals surface area contributed by atoms with Gasteiger partial charge in [0.1, 0.15) is 11.5 Å². The Hall–Kier alpha value is -3.13. The summed E-state index contributed by atoms with van der Waals surface area (Å²) in [5.74, 6) is 0.461. The Bertz CT molecular complexity index is 1180. The maximum atomic E-state index is 12.2. The molecule has 1 aromatic heterocycles. The highest BCUT2D eigenvalue weighted by atomic mass is 35.5. The van der Waals surface area contributed by atoms with E-state index >= 15 is 0 Å². The molecule has 0 aliphatic heterocycles. The molecule has 0 fully saturated rings. The molecule has 0 radical (unpaired) electrons. The molecule has 0 atom stereocenters. The summed E-state index contributed by atoms with van der Waals surface area (Å²) in [7, 11) is 0. The Kier molecular flexibility index (Phi) is 8.27. The molecule has 0 saturated carbocycles. The van der Waals surface area contributed by atoms with Crippen molar-refractivity contribution < 1.29 is 14.0 Å². The van der Waals surface area contributed by atoms with E-state index in [1.165, 1.54) is 12.2 Å². The third-order valence-corrected chi connectivity index (χ3v) is 4.98. The first kappa shape index (κ1) is 24.5. The molecule has 170 valence electrons. The summed E-state index contributed by atoms with van der Waals surface area (Å²) in [5, 5.41) is 9.42. The molecule has 3 rings (SSSR count). The number of carbonyl (C=O) groups is 2. The van der Waals surface area contributed by atoms with Crippen LogP contribution in [0.5, 0.6) is 0 Å². The first-order chi connectivity index (χ1) is 15.7. The van der Waals surface area contributed by atoms with Crippen LogP contribution in [0.25, 0.3) is 17.4 Å². The maximum absolute atomic E-state index is 12.2. The van der Waals surface area contributed by atoms with Gasteiger partial charge in [0.15, 0.2) is 5.11 Å². The van der Waals surface area contributed by atoms with Crippen molar-refractivity contribution in [1.29, 1.82) is 0 Å². The minimum Gasteiger partial charge on any atom is -0.457 e. The Morgan fingerprint density at radius 1 is 0.939 bits per heavy atom. The summed E-state index contributed by atoms with van der Waals surface area (Å²) in [4.78, 5) is 23.9. The van der Waals surface area contributed by atoms with E-state index in [-0.39, 0.29) is 16.9 Å². The highest BCUT2D eigenvalue weighted by Gasteiger charge is 2.08. The zero-order chi connectivity index (χ0) is 24.0. The Labute approximate surface area is 207 Å². The van der Waals surface area contributed by atoms with Gasteiger partial charge in [0, 0.05) is 39.0 Å².